The number of likely N-dealkylation sites (tertiary alicyclic amines) is 1. The molecule has 6 nitrogen and oxygen atoms in total. The van der Waals surface area contributed by atoms with Crippen LogP contribution in [-0.2, 0) is 20.9 Å². The summed E-state index contributed by atoms with van der Waals surface area (Å²) in [7, 11) is 0. The lowest BCUT2D eigenvalue weighted by Crippen LogP contribution is -2.50. The Labute approximate surface area is 174 Å². The molecule has 2 aliphatic rings. The van der Waals surface area contributed by atoms with E-state index in [2.05, 4.69) is 55.3 Å². The van der Waals surface area contributed by atoms with Gasteiger partial charge in [0.25, 0.3) is 0 Å². The van der Waals surface area contributed by atoms with Crippen molar-refractivity contribution in [2.75, 3.05) is 39.4 Å². The summed E-state index contributed by atoms with van der Waals surface area (Å²) in [6, 6.07) is 8.54. The first-order chi connectivity index (χ1) is 13.9. The number of nitrogens with one attached hydrogen (secondary N) is 1. The maximum absolute atomic E-state index is 12.8. The Balaban J connectivity index is 1.51. The zero-order chi connectivity index (χ0) is 20.8. The van der Waals surface area contributed by atoms with E-state index in [9.17, 15) is 9.59 Å². The van der Waals surface area contributed by atoms with Crippen LogP contribution in [0.1, 0.15) is 37.8 Å². The van der Waals surface area contributed by atoms with Crippen molar-refractivity contribution in [3.63, 3.8) is 0 Å². The van der Waals surface area contributed by atoms with Gasteiger partial charge in [-0.3, -0.25) is 14.5 Å². The summed E-state index contributed by atoms with van der Waals surface area (Å²) >= 11 is 0. The monoisotopic (exact) mass is 401 g/mol. The topological polar surface area (TPSA) is 61.9 Å². The number of amides is 2. The zero-order valence-electron chi connectivity index (χ0n) is 18.0. The Kier molecular flexibility index (Phi) is 7.67. The number of rotatable bonds is 8. The van der Waals surface area contributed by atoms with E-state index >= 15 is 0 Å². The fourth-order valence-corrected chi connectivity index (χ4v) is 4.23. The highest BCUT2D eigenvalue weighted by atomic mass is 16.5. The van der Waals surface area contributed by atoms with Crippen LogP contribution >= 0.6 is 0 Å². The Morgan fingerprint density at radius 3 is 2.55 bits per heavy atom. The van der Waals surface area contributed by atoms with E-state index in [-0.39, 0.29) is 17.7 Å². The van der Waals surface area contributed by atoms with Gasteiger partial charge >= 0.3 is 0 Å². The van der Waals surface area contributed by atoms with Crippen molar-refractivity contribution in [2.24, 2.45) is 11.8 Å². The van der Waals surface area contributed by atoms with Crippen LogP contribution in [0.25, 0.3) is 0 Å². The van der Waals surface area contributed by atoms with Gasteiger partial charge in [-0.1, -0.05) is 43.7 Å². The molecule has 6 heteroatoms. The molecule has 0 aromatic heterocycles. The Hall–Kier alpha value is -1.92. The second-order valence-corrected chi connectivity index (χ2v) is 8.84. The van der Waals surface area contributed by atoms with Gasteiger partial charge < -0.3 is 15.0 Å². The Bertz CT molecular complexity index is 683. The molecule has 2 atom stereocenters. The minimum atomic E-state index is -0.252. The average Bonchev–Trinajstić information content (AvgIpc) is 3.07. The molecule has 1 N–H and O–H groups in total. The molecule has 1 aromatic carbocycles. The molecule has 1 aromatic rings. The third-order valence-electron chi connectivity index (χ3n) is 5.90. The Morgan fingerprint density at radius 1 is 1.21 bits per heavy atom. The van der Waals surface area contributed by atoms with Gasteiger partial charge in [0.1, 0.15) is 0 Å². The predicted octanol–water partition coefficient (Wildman–Crippen LogP) is 2.21. The van der Waals surface area contributed by atoms with Crippen LogP contribution in [0.5, 0.6) is 0 Å². The summed E-state index contributed by atoms with van der Waals surface area (Å²) in [6.07, 6.45) is 1.35. The second-order valence-electron chi connectivity index (χ2n) is 8.84. The lowest BCUT2D eigenvalue weighted by atomic mass is 10.0. The lowest BCUT2D eigenvalue weighted by molar-refractivity contribution is -0.129. The van der Waals surface area contributed by atoms with Crippen molar-refractivity contribution in [3.8, 4) is 0 Å². The number of nitrogens with zero attached hydrogens (tertiary/aromatic N) is 2. The van der Waals surface area contributed by atoms with Gasteiger partial charge in [0.05, 0.1) is 19.1 Å². The Morgan fingerprint density at radius 2 is 1.90 bits per heavy atom. The molecular formula is C23H35N3O3. The maximum Gasteiger partial charge on any atom is 0.225 e. The van der Waals surface area contributed by atoms with Gasteiger partial charge in [0.2, 0.25) is 11.8 Å². The van der Waals surface area contributed by atoms with Crippen molar-refractivity contribution in [1.82, 2.24) is 15.1 Å². The molecule has 0 aliphatic carbocycles. The molecule has 0 radical (unpaired) electrons. The molecule has 160 valence electrons. The van der Waals surface area contributed by atoms with Crippen LogP contribution in [0.4, 0.5) is 0 Å². The quantitative estimate of drug-likeness (QED) is 0.726. The summed E-state index contributed by atoms with van der Waals surface area (Å²) < 4.78 is 5.47. The number of ether oxygens (including phenoxy) is 1. The number of carbonyl (C=O) groups excluding carboxylic acids is 2. The summed E-state index contributed by atoms with van der Waals surface area (Å²) in [6.45, 7) is 11.5. The molecule has 2 amide bonds. The van der Waals surface area contributed by atoms with E-state index in [1.165, 1.54) is 5.56 Å². The van der Waals surface area contributed by atoms with Crippen LogP contribution in [-0.4, -0.2) is 67.0 Å². The number of hydrogen-bond donors (Lipinski definition) is 1. The van der Waals surface area contributed by atoms with Crippen molar-refractivity contribution >= 4 is 11.8 Å². The van der Waals surface area contributed by atoms with Crippen LogP contribution in [0, 0.1) is 18.8 Å². The normalized spacial score (nSPS) is 21.6. The van der Waals surface area contributed by atoms with E-state index in [0.717, 1.165) is 38.3 Å². The van der Waals surface area contributed by atoms with E-state index in [1.807, 2.05) is 4.90 Å². The number of aryl methyl sites for hydroxylation is 1. The standard InChI is InChI=1S/C23H35N3O3/c1-17(2)12-21(25-8-10-29-11-9-25)14-24-23(28)20-13-22(27)26(16-20)15-19-6-4-18(3)5-7-19/h4-7,17,20-21H,8-16H2,1-3H3,(H,24,28). The van der Waals surface area contributed by atoms with Crippen molar-refractivity contribution in [3.05, 3.63) is 35.4 Å². The smallest absolute Gasteiger partial charge is 0.225 e. The molecule has 0 bridgehead atoms. The molecular weight excluding hydrogens is 366 g/mol. The van der Waals surface area contributed by atoms with Gasteiger partial charge in [-0.05, 0) is 24.8 Å². The van der Waals surface area contributed by atoms with Crippen molar-refractivity contribution in [1.29, 1.82) is 0 Å². The van der Waals surface area contributed by atoms with Gasteiger partial charge in [0, 0.05) is 45.2 Å². The maximum atomic E-state index is 12.8. The highest BCUT2D eigenvalue weighted by molar-refractivity contribution is 5.89. The molecule has 2 saturated heterocycles. The van der Waals surface area contributed by atoms with Gasteiger partial charge in [-0.15, -0.1) is 0 Å². The first-order valence-corrected chi connectivity index (χ1v) is 10.8. The molecule has 2 aliphatic heterocycles. The predicted molar refractivity (Wildman–Crippen MR) is 113 cm³/mol. The highest BCUT2D eigenvalue weighted by Crippen LogP contribution is 2.21. The molecule has 0 spiro atoms. The second kappa shape index (κ2) is 10.2. The van der Waals surface area contributed by atoms with Gasteiger partial charge in [0.15, 0.2) is 0 Å². The first kappa shape index (κ1) is 21.8. The molecule has 3 rings (SSSR count). The summed E-state index contributed by atoms with van der Waals surface area (Å²) in [5.41, 5.74) is 2.31. The summed E-state index contributed by atoms with van der Waals surface area (Å²) in [4.78, 5) is 29.4. The number of hydrogen-bond acceptors (Lipinski definition) is 4. The summed E-state index contributed by atoms with van der Waals surface area (Å²) in [5.74, 6) is 0.388. The fourth-order valence-electron chi connectivity index (χ4n) is 4.23. The van der Waals surface area contributed by atoms with E-state index in [1.54, 1.807) is 0 Å². The van der Waals surface area contributed by atoms with Crippen LogP contribution < -0.4 is 5.32 Å². The third kappa shape index (κ3) is 6.28. The molecule has 2 heterocycles. The molecule has 2 unspecified atom stereocenters. The minimum absolute atomic E-state index is 0.00627. The highest BCUT2D eigenvalue weighted by Gasteiger charge is 2.34. The van der Waals surface area contributed by atoms with Gasteiger partial charge in [-0.25, -0.2) is 0 Å². The summed E-state index contributed by atoms with van der Waals surface area (Å²) in [5, 5.41) is 3.14. The van der Waals surface area contributed by atoms with Crippen molar-refractivity contribution < 1.29 is 14.3 Å². The molecule has 0 saturated carbocycles. The van der Waals surface area contributed by atoms with Gasteiger partial charge in [-0.2, -0.15) is 0 Å². The number of morpholine rings is 1. The largest absolute Gasteiger partial charge is 0.379 e. The van der Waals surface area contributed by atoms with Crippen molar-refractivity contribution in [2.45, 2.75) is 46.2 Å². The van der Waals surface area contributed by atoms with Crippen LogP contribution in [0.3, 0.4) is 0 Å². The average molecular weight is 402 g/mol. The van der Waals surface area contributed by atoms with E-state index < -0.39 is 0 Å². The van der Waals surface area contributed by atoms with Crippen LogP contribution in [0.15, 0.2) is 24.3 Å². The third-order valence-corrected chi connectivity index (χ3v) is 5.90. The minimum Gasteiger partial charge on any atom is -0.379 e. The lowest BCUT2D eigenvalue weighted by Gasteiger charge is -2.35. The van der Waals surface area contributed by atoms with E-state index in [0.29, 0.717) is 38.0 Å². The van der Waals surface area contributed by atoms with Crippen LogP contribution in [0.2, 0.25) is 0 Å². The number of benzene rings is 1. The zero-order valence-corrected chi connectivity index (χ0v) is 18.0. The first-order valence-electron chi connectivity index (χ1n) is 10.8. The molecule has 29 heavy (non-hydrogen) atoms. The van der Waals surface area contributed by atoms with E-state index in [4.69, 9.17) is 4.74 Å². The molecule has 2 fully saturated rings. The fraction of sp³-hybridized carbons (Fsp3) is 0.652. The SMILES string of the molecule is Cc1ccc(CN2CC(C(=O)NCC(CC(C)C)N3CCOCC3)CC2=O)cc1. The number of carbonyl (C=O) groups is 2.